The van der Waals surface area contributed by atoms with Gasteiger partial charge in [-0.3, -0.25) is 0 Å². The van der Waals surface area contributed by atoms with Crippen LogP contribution in [-0.2, 0) is 22.4 Å². The molecule has 0 saturated carbocycles. The maximum atomic E-state index is 8.11. The minimum absolute atomic E-state index is 0. The van der Waals surface area contributed by atoms with Gasteiger partial charge in [0.15, 0.2) is 0 Å². The van der Waals surface area contributed by atoms with Gasteiger partial charge in [-0.25, -0.2) is 20.0 Å². The summed E-state index contributed by atoms with van der Waals surface area (Å²) in [5, 5.41) is 0. The van der Waals surface area contributed by atoms with Crippen molar-refractivity contribution < 1.29 is 23.8 Å². The summed E-state index contributed by atoms with van der Waals surface area (Å²) in [4.78, 5) is 18.2. The summed E-state index contributed by atoms with van der Waals surface area (Å²) in [6, 6.07) is 0.379. The van der Waals surface area contributed by atoms with Crippen molar-refractivity contribution in [3.05, 3.63) is 95.7 Å². The number of nitrogens with zero attached hydrogens (tertiary/aromatic N) is 4. The molecule has 0 saturated heterocycles. The number of aliphatic imine (C=N–C) groups is 4. The fourth-order valence-corrected chi connectivity index (χ4v) is 2.76. The molecule has 8 bridgehead atoms. The van der Waals surface area contributed by atoms with Crippen LogP contribution in [0.4, 0.5) is 0 Å². The molecule has 0 aromatic rings. The summed E-state index contributed by atoms with van der Waals surface area (Å²) in [5.41, 5.74) is 6.33. The van der Waals surface area contributed by atoms with Gasteiger partial charge >= 0.3 is 0 Å². The third-order valence-corrected chi connectivity index (χ3v) is 3.84. The molecular weight excluding hydrogens is 493 g/mol. The molecule has 0 aliphatic carbocycles. The van der Waals surface area contributed by atoms with E-state index in [-0.39, 0.29) is 22.4 Å². The zero-order chi connectivity index (χ0) is 16.8. The molecule has 5 rings (SSSR count). The van der Waals surface area contributed by atoms with E-state index in [9.17, 15) is 0 Å². The van der Waals surface area contributed by atoms with Gasteiger partial charge in [0.25, 0.3) is 0 Å². The van der Waals surface area contributed by atoms with E-state index in [0.29, 0.717) is 11.8 Å². The number of hydrogen-bond acceptors (Lipinski definition) is 4. The quantitative estimate of drug-likeness (QED) is 0.452. The van der Waals surface area contributed by atoms with Gasteiger partial charge in [-0.15, -0.1) is 0 Å². The molecule has 4 nitrogen and oxygen atoms in total. The molecule has 0 N–H and O–H groups in total. The zero-order valence-electron chi connectivity index (χ0n) is 13.9. The van der Waals surface area contributed by atoms with Crippen molar-refractivity contribution in [2.45, 2.75) is 0 Å². The Kier molecular flexibility index (Phi) is 3.71. The minimum atomic E-state index is 0. The van der Waals surface area contributed by atoms with E-state index in [4.69, 9.17) is 1.37 Å². The van der Waals surface area contributed by atoms with Crippen LogP contribution in [0.5, 0.6) is 0 Å². The van der Waals surface area contributed by atoms with E-state index in [1.165, 1.54) is 0 Å². The van der Waals surface area contributed by atoms with Gasteiger partial charge in [-0.1, -0.05) is 0 Å². The molecule has 5 aliphatic heterocycles. The van der Waals surface area contributed by atoms with Crippen molar-refractivity contribution >= 4 is 22.8 Å². The molecular formula is C20H12AuN4. The Morgan fingerprint density at radius 3 is 1.32 bits per heavy atom. The second kappa shape index (κ2) is 6.33. The van der Waals surface area contributed by atoms with Gasteiger partial charge in [0.2, 0.25) is 0 Å². The molecule has 0 aromatic heterocycles. The monoisotopic (exact) mass is 506 g/mol. The Morgan fingerprint density at radius 1 is 0.480 bits per heavy atom. The molecule has 0 amide bonds. The first-order valence-corrected chi connectivity index (χ1v) is 7.66. The largest absolute Gasteiger partial charge is 0.249 e. The maximum Gasteiger partial charge on any atom is 0.0659 e. The summed E-state index contributed by atoms with van der Waals surface area (Å²) >= 11 is 0. The van der Waals surface area contributed by atoms with E-state index in [1.807, 2.05) is 60.8 Å². The summed E-state index contributed by atoms with van der Waals surface area (Å²) in [6.07, 6.45) is 21.0. The first-order valence-electron chi connectivity index (χ1n) is 8.16. The Morgan fingerprint density at radius 2 is 0.840 bits per heavy atom. The smallest absolute Gasteiger partial charge is 0.0659 e. The van der Waals surface area contributed by atoms with E-state index in [0.717, 1.165) is 39.9 Å². The predicted octanol–water partition coefficient (Wildman–Crippen LogP) is 3.58. The number of rotatable bonds is 0. The van der Waals surface area contributed by atoms with E-state index >= 15 is 0 Å². The third-order valence-electron chi connectivity index (χ3n) is 3.84. The van der Waals surface area contributed by atoms with Crippen LogP contribution in [0.1, 0.15) is 1.37 Å². The van der Waals surface area contributed by atoms with E-state index in [1.54, 1.807) is 6.08 Å². The van der Waals surface area contributed by atoms with Crippen LogP contribution in [0.25, 0.3) is 0 Å². The van der Waals surface area contributed by atoms with Crippen LogP contribution < -0.4 is 0 Å². The van der Waals surface area contributed by atoms with E-state index in [2.05, 4.69) is 20.0 Å². The Bertz CT molecular complexity index is 1080. The van der Waals surface area contributed by atoms with Gasteiger partial charge in [-0.05, 0) is 72.9 Å². The van der Waals surface area contributed by atoms with Crippen molar-refractivity contribution in [3.63, 3.8) is 0 Å². The van der Waals surface area contributed by atoms with Crippen LogP contribution in [0, 0.1) is 0 Å². The predicted molar refractivity (Wildman–Crippen MR) is 98.6 cm³/mol. The van der Waals surface area contributed by atoms with Gasteiger partial charge in [0.1, 0.15) is 0 Å². The summed E-state index contributed by atoms with van der Waals surface area (Å²) in [7, 11) is 0. The topological polar surface area (TPSA) is 49.4 Å². The normalized spacial score (nSPS) is 22.7. The van der Waals surface area contributed by atoms with Crippen LogP contribution >= 0.6 is 0 Å². The SMILES string of the molecule is [2H]C1=CC2=CC3=NC(=CC4=NC(=CC5=NC(=CC1=N2)C=C5)C=C4)C=C3.[Au]. The summed E-state index contributed by atoms with van der Waals surface area (Å²) in [6.45, 7) is 0. The first-order chi connectivity index (χ1) is 12.2. The van der Waals surface area contributed by atoms with Crippen molar-refractivity contribution in [2.75, 3.05) is 0 Å². The molecule has 0 aromatic carbocycles. The Balaban J connectivity index is 0.00000168. The fraction of sp³-hybridized carbons (Fsp3) is 0. The number of fused-ring (bicyclic) bond motifs is 4. The molecule has 0 fully saturated rings. The fourth-order valence-electron chi connectivity index (χ4n) is 2.76. The van der Waals surface area contributed by atoms with Gasteiger partial charge in [-0.2, -0.15) is 0 Å². The second-order valence-electron chi connectivity index (χ2n) is 5.67. The minimum Gasteiger partial charge on any atom is -0.249 e. The van der Waals surface area contributed by atoms with Crippen LogP contribution in [0.3, 0.4) is 0 Å². The molecule has 5 heteroatoms. The molecule has 0 spiro atoms. The average Bonchev–Trinajstić information content (AvgIpc) is 3.33. The average molecular weight is 506 g/mol. The molecule has 0 atom stereocenters. The second-order valence-corrected chi connectivity index (χ2v) is 5.67. The van der Waals surface area contributed by atoms with E-state index < -0.39 is 0 Å². The van der Waals surface area contributed by atoms with Gasteiger partial charge in [0, 0.05) is 22.4 Å². The Labute approximate surface area is 162 Å². The van der Waals surface area contributed by atoms with Gasteiger partial charge in [0.05, 0.1) is 47.0 Å². The standard InChI is InChI=1S/C20H12N4.Au/c1-2-14-10-16-5-6-18(23-16)12-20-8-7-19(24-20)11-17-4-3-15(22-17)9-13(1)21-14;/h1-12H;/i1D;. The van der Waals surface area contributed by atoms with Crippen LogP contribution in [-0.4, -0.2) is 22.8 Å². The van der Waals surface area contributed by atoms with Crippen molar-refractivity contribution in [1.29, 1.82) is 0 Å². The number of allylic oxidation sites excluding steroid dienone is 12. The van der Waals surface area contributed by atoms with Crippen molar-refractivity contribution in [1.82, 2.24) is 0 Å². The molecule has 25 heavy (non-hydrogen) atoms. The van der Waals surface area contributed by atoms with Crippen LogP contribution in [0.2, 0.25) is 0 Å². The van der Waals surface area contributed by atoms with Crippen molar-refractivity contribution in [2.24, 2.45) is 20.0 Å². The van der Waals surface area contributed by atoms with Crippen molar-refractivity contribution in [3.8, 4) is 0 Å². The summed E-state index contributed by atoms with van der Waals surface area (Å²) < 4.78 is 8.11. The molecule has 5 heterocycles. The molecule has 1 radical (unpaired) electrons. The third kappa shape index (κ3) is 3.28. The summed E-state index contributed by atoms with van der Waals surface area (Å²) in [5.74, 6) is 0. The molecule has 0 unspecified atom stereocenters. The van der Waals surface area contributed by atoms with Gasteiger partial charge < -0.3 is 0 Å². The Hall–Kier alpha value is -2.66. The van der Waals surface area contributed by atoms with Crippen LogP contribution in [0.15, 0.2) is 116 Å². The zero-order valence-corrected chi connectivity index (χ0v) is 15.1. The maximum absolute atomic E-state index is 8.11. The first kappa shape index (κ1) is 14.7. The molecule has 5 aliphatic rings. The number of hydrogen-bond donors (Lipinski definition) is 0. The molecule has 123 valence electrons.